The van der Waals surface area contributed by atoms with Gasteiger partial charge in [-0.05, 0) is 86.1 Å². The van der Waals surface area contributed by atoms with Gasteiger partial charge in [0.2, 0.25) is 0 Å². The highest BCUT2D eigenvalue weighted by atomic mass is 16.4. The van der Waals surface area contributed by atoms with Gasteiger partial charge in [-0.2, -0.15) is 0 Å². The summed E-state index contributed by atoms with van der Waals surface area (Å²) in [5.74, 6) is -0.950. The highest BCUT2D eigenvalue weighted by Gasteiger charge is 2.30. The van der Waals surface area contributed by atoms with E-state index in [0.29, 0.717) is 6.42 Å². The van der Waals surface area contributed by atoms with Gasteiger partial charge < -0.3 is 10.2 Å². The molecule has 0 radical (unpaired) electrons. The molecule has 3 nitrogen and oxygen atoms in total. The van der Waals surface area contributed by atoms with Crippen molar-refractivity contribution in [2.45, 2.75) is 84.2 Å². The second-order valence-electron chi connectivity index (χ2n) is 8.12. The maximum Gasteiger partial charge on any atom is 0.306 e. The van der Waals surface area contributed by atoms with Gasteiger partial charge in [-0.25, -0.2) is 0 Å². The van der Waals surface area contributed by atoms with Crippen LogP contribution in [0.15, 0.2) is 6.07 Å². The van der Waals surface area contributed by atoms with Crippen molar-refractivity contribution < 1.29 is 15.0 Å². The molecule has 1 aromatic carbocycles. The number of fused-ring (bicyclic) bond motifs is 1. The lowest BCUT2D eigenvalue weighted by Gasteiger charge is -2.35. The normalized spacial score (nSPS) is 19.0. The van der Waals surface area contributed by atoms with Gasteiger partial charge in [-0.15, -0.1) is 0 Å². The third kappa shape index (κ3) is 3.95. The standard InChI is InChI=1S/C20H30O3/c1-13-14(2)16-7-6-9-19(3,4)17(16)11-15(13)8-10-20(5,23)12-18(21)22/h11,23H,6-10,12H2,1-5H3,(H,21,22). The molecule has 128 valence electrons. The van der Waals surface area contributed by atoms with Gasteiger partial charge in [0.25, 0.3) is 0 Å². The number of rotatable bonds is 5. The van der Waals surface area contributed by atoms with Gasteiger partial charge >= 0.3 is 5.97 Å². The van der Waals surface area contributed by atoms with Crippen LogP contribution in [0.4, 0.5) is 0 Å². The minimum Gasteiger partial charge on any atom is -0.481 e. The molecule has 1 atom stereocenters. The Kier molecular flexibility index (Phi) is 4.91. The number of carbonyl (C=O) groups is 1. The molecule has 0 aliphatic heterocycles. The topological polar surface area (TPSA) is 57.5 Å². The maximum absolute atomic E-state index is 10.9. The van der Waals surface area contributed by atoms with Crippen LogP contribution in [0.25, 0.3) is 0 Å². The monoisotopic (exact) mass is 318 g/mol. The number of aliphatic carboxylic acids is 1. The number of carboxylic acids is 1. The molecule has 0 saturated heterocycles. The van der Waals surface area contributed by atoms with E-state index >= 15 is 0 Å². The lowest BCUT2D eigenvalue weighted by Crippen LogP contribution is -2.29. The highest BCUT2D eigenvalue weighted by molar-refractivity contribution is 5.68. The van der Waals surface area contributed by atoms with Gasteiger partial charge in [0.1, 0.15) is 0 Å². The molecule has 0 heterocycles. The number of aryl methyl sites for hydroxylation is 1. The van der Waals surface area contributed by atoms with Crippen molar-refractivity contribution in [3.05, 3.63) is 33.9 Å². The molecule has 2 rings (SSSR count). The number of benzene rings is 1. The minimum absolute atomic E-state index is 0.199. The molecule has 1 aliphatic rings. The van der Waals surface area contributed by atoms with Crippen molar-refractivity contribution >= 4 is 5.97 Å². The Labute approximate surface area is 139 Å². The molecular weight excluding hydrogens is 288 g/mol. The van der Waals surface area contributed by atoms with Crippen LogP contribution in [0.1, 0.15) is 74.3 Å². The van der Waals surface area contributed by atoms with Crippen molar-refractivity contribution in [2.75, 3.05) is 0 Å². The Morgan fingerprint density at radius 3 is 2.57 bits per heavy atom. The second kappa shape index (κ2) is 6.27. The Bertz CT molecular complexity index is 612. The lowest BCUT2D eigenvalue weighted by molar-refractivity contribution is -0.142. The van der Waals surface area contributed by atoms with E-state index < -0.39 is 11.6 Å². The summed E-state index contributed by atoms with van der Waals surface area (Å²) in [5.41, 5.74) is 5.92. The Balaban J connectivity index is 2.30. The molecule has 1 aliphatic carbocycles. The molecule has 0 bridgehead atoms. The summed E-state index contributed by atoms with van der Waals surface area (Å²) in [6.45, 7) is 10.6. The summed E-state index contributed by atoms with van der Waals surface area (Å²) in [6.07, 6.45) is 4.59. The van der Waals surface area contributed by atoms with E-state index in [1.165, 1.54) is 40.7 Å². The van der Waals surface area contributed by atoms with E-state index in [0.717, 1.165) is 12.8 Å². The quantitative estimate of drug-likeness (QED) is 0.860. The molecule has 1 aromatic rings. The summed E-state index contributed by atoms with van der Waals surface area (Å²) >= 11 is 0. The highest BCUT2D eigenvalue weighted by Crippen LogP contribution is 2.40. The fourth-order valence-electron chi connectivity index (χ4n) is 3.88. The van der Waals surface area contributed by atoms with Crippen molar-refractivity contribution in [3.63, 3.8) is 0 Å². The number of hydrogen-bond acceptors (Lipinski definition) is 2. The lowest BCUT2D eigenvalue weighted by atomic mass is 9.70. The number of hydrogen-bond donors (Lipinski definition) is 2. The van der Waals surface area contributed by atoms with E-state index in [4.69, 9.17) is 5.11 Å². The smallest absolute Gasteiger partial charge is 0.306 e. The SMILES string of the molecule is Cc1c(CCC(C)(O)CC(=O)O)cc2c(c1C)CCCC2(C)C. The van der Waals surface area contributed by atoms with E-state index in [1.807, 2.05) is 0 Å². The Hall–Kier alpha value is -1.35. The average molecular weight is 318 g/mol. The first-order valence-corrected chi connectivity index (χ1v) is 8.60. The molecule has 0 saturated carbocycles. The fraction of sp³-hybridized carbons (Fsp3) is 0.650. The number of carboxylic acid groups (broad SMARTS) is 1. The van der Waals surface area contributed by atoms with Crippen molar-refractivity contribution in [1.29, 1.82) is 0 Å². The molecule has 0 amide bonds. The van der Waals surface area contributed by atoms with Crippen LogP contribution in [0.2, 0.25) is 0 Å². The summed E-state index contributed by atoms with van der Waals surface area (Å²) in [6, 6.07) is 2.31. The molecule has 2 N–H and O–H groups in total. The molecule has 23 heavy (non-hydrogen) atoms. The van der Waals surface area contributed by atoms with Gasteiger partial charge in [-0.3, -0.25) is 4.79 Å². The van der Waals surface area contributed by atoms with E-state index in [2.05, 4.69) is 33.8 Å². The predicted molar refractivity (Wildman–Crippen MR) is 93.1 cm³/mol. The maximum atomic E-state index is 10.9. The summed E-state index contributed by atoms with van der Waals surface area (Å²) in [4.78, 5) is 10.9. The third-order valence-electron chi connectivity index (χ3n) is 5.56. The van der Waals surface area contributed by atoms with Gasteiger partial charge in [0.05, 0.1) is 12.0 Å². The molecule has 0 fully saturated rings. The van der Waals surface area contributed by atoms with Gasteiger partial charge in [0.15, 0.2) is 0 Å². The van der Waals surface area contributed by atoms with Crippen LogP contribution in [-0.2, 0) is 23.1 Å². The number of aliphatic hydroxyl groups is 1. The summed E-state index contributed by atoms with van der Waals surface area (Å²) < 4.78 is 0. The summed E-state index contributed by atoms with van der Waals surface area (Å²) in [7, 11) is 0. The average Bonchev–Trinajstić information content (AvgIpc) is 2.40. The molecule has 1 unspecified atom stereocenters. The van der Waals surface area contributed by atoms with Crippen molar-refractivity contribution in [2.24, 2.45) is 0 Å². The predicted octanol–water partition coefficient (Wildman–Crippen LogP) is 4.08. The largest absolute Gasteiger partial charge is 0.481 e. The first-order chi connectivity index (χ1) is 10.5. The first-order valence-electron chi connectivity index (χ1n) is 8.60. The summed E-state index contributed by atoms with van der Waals surface area (Å²) in [5, 5.41) is 19.2. The Morgan fingerprint density at radius 1 is 1.30 bits per heavy atom. The zero-order valence-electron chi connectivity index (χ0n) is 15.1. The minimum atomic E-state index is -1.16. The molecule has 0 spiro atoms. The second-order valence-corrected chi connectivity index (χ2v) is 8.12. The first kappa shape index (κ1) is 18.0. The van der Waals surface area contributed by atoms with E-state index in [-0.39, 0.29) is 11.8 Å². The zero-order valence-corrected chi connectivity index (χ0v) is 15.1. The van der Waals surface area contributed by atoms with Crippen LogP contribution >= 0.6 is 0 Å². The zero-order chi connectivity index (χ0) is 17.4. The van der Waals surface area contributed by atoms with Crippen LogP contribution < -0.4 is 0 Å². The molecule has 3 heteroatoms. The van der Waals surface area contributed by atoms with Crippen LogP contribution in [0.3, 0.4) is 0 Å². The van der Waals surface area contributed by atoms with Crippen molar-refractivity contribution in [3.8, 4) is 0 Å². The van der Waals surface area contributed by atoms with Crippen LogP contribution in [0.5, 0.6) is 0 Å². The van der Waals surface area contributed by atoms with Gasteiger partial charge in [-0.1, -0.05) is 19.9 Å². The Morgan fingerprint density at radius 2 is 1.96 bits per heavy atom. The van der Waals surface area contributed by atoms with E-state index in [9.17, 15) is 9.90 Å². The molecule has 0 aromatic heterocycles. The van der Waals surface area contributed by atoms with Crippen LogP contribution in [0, 0.1) is 13.8 Å². The van der Waals surface area contributed by atoms with Crippen molar-refractivity contribution in [1.82, 2.24) is 0 Å². The van der Waals surface area contributed by atoms with Gasteiger partial charge in [0, 0.05) is 0 Å². The third-order valence-corrected chi connectivity index (χ3v) is 5.56. The molecular formula is C20H30O3. The van der Waals surface area contributed by atoms with Crippen LogP contribution in [-0.4, -0.2) is 21.8 Å². The van der Waals surface area contributed by atoms with E-state index in [1.54, 1.807) is 6.92 Å². The fourth-order valence-corrected chi connectivity index (χ4v) is 3.88.